The van der Waals surface area contributed by atoms with Gasteiger partial charge in [0.25, 0.3) is 0 Å². The third kappa shape index (κ3) is 4.39. The molecule has 0 amide bonds. The van der Waals surface area contributed by atoms with Crippen LogP contribution >= 0.6 is 0 Å². The van der Waals surface area contributed by atoms with Gasteiger partial charge in [-0.05, 0) is 58.4 Å². The second kappa shape index (κ2) is 6.65. The van der Waals surface area contributed by atoms with Crippen molar-refractivity contribution in [1.29, 1.82) is 0 Å². The monoisotopic (exact) mass is 235 g/mol. The lowest BCUT2D eigenvalue weighted by molar-refractivity contribution is 0.277. The second-order valence-corrected chi connectivity index (χ2v) is 4.86. The lowest BCUT2D eigenvalue weighted by Gasteiger charge is -2.21. The average Bonchev–Trinajstić information content (AvgIpc) is 2.29. The molecule has 0 saturated heterocycles. The molecule has 1 aromatic rings. The number of rotatable bonds is 6. The number of hydrogen-bond acceptors (Lipinski definition) is 2. The number of ether oxygens (including phenoxy) is 1. The van der Waals surface area contributed by atoms with Crippen LogP contribution in [0.3, 0.4) is 0 Å². The molecule has 2 nitrogen and oxygen atoms in total. The number of aryl methyl sites for hydroxylation is 1. The number of nitrogens with zero attached hydrogens (tertiary/aromatic N) is 1. The fraction of sp³-hybridized carbons (Fsp3) is 0.600. The molecule has 0 N–H and O–H groups in total. The predicted octanol–water partition coefficient (Wildman–Crippen LogP) is 3.28. The van der Waals surface area contributed by atoms with E-state index in [4.69, 9.17) is 4.74 Å². The first-order chi connectivity index (χ1) is 8.04. The molecule has 0 unspecified atom stereocenters. The van der Waals surface area contributed by atoms with E-state index in [9.17, 15) is 0 Å². The molecule has 96 valence electrons. The van der Waals surface area contributed by atoms with Crippen molar-refractivity contribution in [1.82, 2.24) is 4.90 Å². The van der Waals surface area contributed by atoms with Crippen molar-refractivity contribution in [3.05, 3.63) is 29.3 Å². The van der Waals surface area contributed by atoms with Gasteiger partial charge in [0.15, 0.2) is 0 Å². The molecule has 0 saturated carbocycles. The number of likely N-dealkylation sites (N-methyl/N-ethyl adjacent to an activating group) is 1. The largest absolute Gasteiger partial charge is 0.494 e. The molecule has 1 rings (SSSR count). The summed E-state index contributed by atoms with van der Waals surface area (Å²) in [6.07, 6.45) is 1.10. The summed E-state index contributed by atoms with van der Waals surface area (Å²) < 4.78 is 5.55. The van der Waals surface area contributed by atoms with Crippen molar-refractivity contribution in [3.8, 4) is 5.75 Å². The fourth-order valence-electron chi connectivity index (χ4n) is 1.75. The molecule has 0 bridgehead atoms. The molecule has 0 aliphatic carbocycles. The Morgan fingerprint density at radius 3 is 2.53 bits per heavy atom. The molecule has 0 aromatic heterocycles. The lowest BCUT2D eigenvalue weighted by Crippen LogP contribution is -2.28. The molecular weight excluding hydrogens is 210 g/mol. The highest BCUT2D eigenvalue weighted by Crippen LogP contribution is 2.19. The predicted molar refractivity (Wildman–Crippen MR) is 73.8 cm³/mol. The summed E-state index contributed by atoms with van der Waals surface area (Å²) in [6, 6.07) is 7.10. The molecular formula is C15H25NO. The van der Waals surface area contributed by atoms with Gasteiger partial charge in [-0.3, -0.25) is 0 Å². The third-order valence-electron chi connectivity index (χ3n) is 3.17. The zero-order valence-electron chi connectivity index (χ0n) is 11.8. The molecule has 0 atom stereocenters. The highest BCUT2D eigenvalue weighted by atomic mass is 16.5. The summed E-state index contributed by atoms with van der Waals surface area (Å²) in [5.74, 6) is 1.01. The van der Waals surface area contributed by atoms with Gasteiger partial charge in [-0.1, -0.05) is 12.1 Å². The van der Waals surface area contributed by atoms with Crippen molar-refractivity contribution in [3.63, 3.8) is 0 Å². The maximum absolute atomic E-state index is 5.55. The van der Waals surface area contributed by atoms with Crippen LogP contribution in [0.25, 0.3) is 0 Å². The molecule has 0 spiro atoms. The summed E-state index contributed by atoms with van der Waals surface area (Å²) in [4.78, 5) is 2.37. The van der Waals surface area contributed by atoms with Crippen molar-refractivity contribution in [2.45, 2.75) is 40.2 Å². The van der Waals surface area contributed by atoms with Gasteiger partial charge in [0.1, 0.15) is 5.75 Å². The summed E-state index contributed by atoms with van der Waals surface area (Å²) in [5.41, 5.74) is 2.62. The Labute approximate surface area is 106 Å². The first-order valence-electron chi connectivity index (χ1n) is 6.47. The third-order valence-corrected chi connectivity index (χ3v) is 3.17. The van der Waals surface area contributed by atoms with Crippen molar-refractivity contribution in [2.24, 2.45) is 0 Å². The summed E-state index contributed by atoms with van der Waals surface area (Å²) in [6.45, 7) is 10.4. The van der Waals surface area contributed by atoms with E-state index in [2.05, 4.69) is 50.9 Å². The highest BCUT2D eigenvalue weighted by Gasteiger charge is 2.05. The molecule has 2 heteroatoms. The van der Waals surface area contributed by atoms with Gasteiger partial charge in [-0.25, -0.2) is 0 Å². The zero-order valence-corrected chi connectivity index (χ0v) is 11.8. The van der Waals surface area contributed by atoms with Gasteiger partial charge in [0.05, 0.1) is 6.61 Å². The maximum Gasteiger partial charge on any atom is 0.122 e. The minimum absolute atomic E-state index is 0.610. The average molecular weight is 235 g/mol. The van der Waals surface area contributed by atoms with Crippen LogP contribution in [0.2, 0.25) is 0 Å². The Hall–Kier alpha value is -1.02. The van der Waals surface area contributed by atoms with Gasteiger partial charge in [-0.15, -0.1) is 0 Å². The fourth-order valence-corrected chi connectivity index (χ4v) is 1.75. The van der Waals surface area contributed by atoms with Crippen LogP contribution in [-0.4, -0.2) is 31.1 Å². The summed E-state index contributed by atoms with van der Waals surface area (Å²) >= 11 is 0. The Balaban J connectivity index is 2.58. The second-order valence-electron chi connectivity index (χ2n) is 4.86. The van der Waals surface area contributed by atoms with Crippen molar-refractivity contribution in [2.75, 3.05) is 20.2 Å². The minimum atomic E-state index is 0.610. The van der Waals surface area contributed by atoms with E-state index >= 15 is 0 Å². The van der Waals surface area contributed by atoms with E-state index < -0.39 is 0 Å². The number of hydrogen-bond donors (Lipinski definition) is 0. The highest BCUT2D eigenvalue weighted by molar-refractivity contribution is 5.36. The van der Waals surface area contributed by atoms with E-state index in [1.54, 1.807) is 0 Å². The van der Waals surface area contributed by atoms with Crippen molar-refractivity contribution >= 4 is 0 Å². The van der Waals surface area contributed by atoms with E-state index in [1.165, 1.54) is 11.1 Å². The molecule has 0 aliphatic rings. The quantitative estimate of drug-likeness (QED) is 0.750. The first-order valence-corrected chi connectivity index (χ1v) is 6.47. The van der Waals surface area contributed by atoms with Gasteiger partial charge < -0.3 is 9.64 Å². The molecule has 0 heterocycles. The Morgan fingerprint density at radius 2 is 2.00 bits per heavy atom. The molecule has 1 aromatic carbocycles. The van der Waals surface area contributed by atoms with Crippen molar-refractivity contribution < 1.29 is 4.74 Å². The zero-order chi connectivity index (χ0) is 12.8. The minimum Gasteiger partial charge on any atom is -0.494 e. The van der Waals surface area contributed by atoms with Gasteiger partial charge in [-0.2, -0.15) is 0 Å². The molecule has 0 fully saturated rings. The molecule has 17 heavy (non-hydrogen) atoms. The summed E-state index contributed by atoms with van der Waals surface area (Å²) in [5, 5.41) is 0. The Kier molecular flexibility index (Phi) is 5.49. The Morgan fingerprint density at radius 1 is 1.29 bits per heavy atom. The van der Waals surface area contributed by atoms with Crippen LogP contribution in [-0.2, 0) is 6.42 Å². The van der Waals surface area contributed by atoms with E-state index in [0.717, 1.165) is 25.3 Å². The van der Waals surface area contributed by atoms with Crippen LogP contribution < -0.4 is 4.74 Å². The molecule has 0 aliphatic heterocycles. The standard InChI is InChI=1S/C15H25NO/c1-6-17-15-8-7-14(11-13(15)4)9-10-16(5)12(2)3/h7-8,11-12H,6,9-10H2,1-5H3. The topological polar surface area (TPSA) is 12.5 Å². The van der Waals surface area contributed by atoms with E-state index in [0.29, 0.717) is 6.04 Å². The van der Waals surface area contributed by atoms with Crippen LogP contribution in [0.1, 0.15) is 31.9 Å². The lowest BCUT2D eigenvalue weighted by atomic mass is 10.1. The van der Waals surface area contributed by atoms with Gasteiger partial charge in [0, 0.05) is 12.6 Å². The van der Waals surface area contributed by atoms with Gasteiger partial charge in [0.2, 0.25) is 0 Å². The maximum atomic E-state index is 5.55. The normalized spacial score (nSPS) is 11.2. The smallest absolute Gasteiger partial charge is 0.122 e. The Bertz CT molecular complexity index is 347. The van der Waals surface area contributed by atoms with Crippen LogP contribution in [0.4, 0.5) is 0 Å². The molecule has 0 radical (unpaired) electrons. The first kappa shape index (κ1) is 14.0. The van der Waals surface area contributed by atoms with Crippen LogP contribution in [0, 0.1) is 6.92 Å². The number of benzene rings is 1. The van der Waals surface area contributed by atoms with Crippen LogP contribution in [0.5, 0.6) is 5.75 Å². The van der Waals surface area contributed by atoms with E-state index in [-0.39, 0.29) is 0 Å². The van der Waals surface area contributed by atoms with Crippen LogP contribution in [0.15, 0.2) is 18.2 Å². The SMILES string of the molecule is CCOc1ccc(CCN(C)C(C)C)cc1C. The van der Waals surface area contributed by atoms with E-state index in [1.807, 2.05) is 6.92 Å². The summed E-state index contributed by atoms with van der Waals surface area (Å²) in [7, 11) is 2.17. The van der Waals surface area contributed by atoms with Gasteiger partial charge >= 0.3 is 0 Å².